The largest absolute Gasteiger partial charge is 0.481 e. The summed E-state index contributed by atoms with van der Waals surface area (Å²) in [7, 11) is 0. The van der Waals surface area contributed by atoms with Crippen molar-refractivity contribution in [3.63, 3.8) is 0 Å². The number of ether oxygens (including phenoxy) is 1. The average Bonchev–Trinajstić information content (AvgIpc) is 2.63. The Morgan fingerprint density at radius 2 is 1.57 bits per heavy atom. The second-order valence-electron chi connectivity index (χ2n) is 12.4. The number of aliphatic carboxylic acids is 1. The Balaban J connectivity index is 2.09. The van der Waals surface area contributed by atoms with Gasteiger partial charge >= 0.3 is 11.9 Å². The van der Waals surface area contributed by atoms with Gasteiger partial charge < -0.3 is 9.84 Å². The maximum Gasteiger partial charge on any atom is 0.310 e. The van der Waals surface area contributed by atoms with E-state index in [-0.39, 0.29) is 23.4 Å². The van der Waals surface area contributed by atoms with Crippen LogP contribution in [0.3, 0.4) is 0 Å². The zero-order chi connectivity index (χ0) is 22.7. The minimum Gasteiger partial charge on any atom is -0.481 e. The van der Waals surface area contributed by atoms with Crippen LogP contribution in [0.1, 0.15) is 106 Å². The van der Waals surface area contributed by atoms with Gasteiger partial charge in [0.1, 0.15) is 6.10 Å². The minimum absolute atomic E-state index is 0.0315. The molecule has 30 heavy (non-hydrogen) atoms. The van der Waals surface area contributed by atoms with Gasteiger partial charge in [-0.15, -0.1) is 0 Å². The molecule has 4 unspecified atom stereocenters. The summed E-state index contributed by atoms with van der Waals surface area (Å²) in [6.45, 7) is 15.6. The van der Waals surface area contributed by atoms with Gasteiger partial charge in [0.05, 0.1) is 11.8 Å². The third-order valence-electron chi connectivity index (χ3n) is 7.78. The minimum atomic E-state index is -0.846. The molecule has 0 heterocycles. The van der Waals surface area contributed by atoms with Crippen LogP contribution in [0.2, 0.25) is 0 Å². The van der Waals surface area contributed by atoms with Crippen molar-refractivity contribution in [3.05, 3.63) is 0 Å². The average molecular weight is 423 g/mol. The lowest BCUT2D eigenvalue weighted by atomic mass is 9.68. The lowest BCUT2D eigenvalue weighted by Crippen LogP contribution is -2.41. The van der Waals surface area contributed by atoms with E-state index in [4.69, 9.17) is 4.74 Å². The number of carboxylic acids is 1. The van der Waals surface area contributed by atoms with Gasteiger partial charge in [-0.05, 0) is 80.0 Å². The molecule has 4 nitrogen and oxygen atoms in total. The Kier molecular flexibility index (Phi) is 8.43. The number of rotatable bonds is 6. The number of esters is 1. The Morgan fingerprint density at radius 1 is 0.967 bits per heavy atom. The highest BCUT2D eigenvalue weighted by atomic mass is 16.5. The number of hydrogen-bond acceptors (Lipinski definition) is 3. The molecule has 4 heteroatoms. The van der Waals surface area contributed by atoms with Crippen LogP contribution in [0, 0.1) is 40.4 Å². The number of carbonyl (C=O) groups excluding carboxylic acids is 1. The predicted molar refractivity (Wildman–Crippen MR) is 121 cm³/mol. The summed E-state index contributed by atoms with van der Waals surface area (Å²) >= 11 is 0. The van der Waals surface area contributed by atoms with Crippen molar-refractivity contribution in [1.29, 1.82) is 0 Å². The van der Waals surface area contributed by atoms with Crippen LogP contribution in [-0.4, -0.2) is 23.1 Å². The molecule has 2 fully saturated rings. The molecule has 2 saturated carbocycles. The molecular formula is C26H46O4. The van der Waals surface area contributed by atoms with E-state index in [1.54, 1.807) is 0 Å². The molecule has 0 radical (unpaired) electrons. The van der Waals surface area contributed by atoms with Crippen molar-refractivity contribution in [2.75, 3.05) is 0 Å². The highest BCUT2D eigenvalue weighted by molar-refractivity contribution is 5.81. The third-order valence-corrected chi connectivity index (χ3v) is 7.78. The Bertz CT molecular complexity index is 575. The van der Waals surface area contributed by atoms with Crippen molar-refractivity contribution in [1.82, 2.24) is 0 Å². The fraction of sp³-hybridized carbons (Fsp3) is 0.923. The first-order chi connectivity index (χ1) is 13.8. The van der Waals surface area contributed by atoms with Crippen molar-refractivity contribution < 1.29 is 19.4 Å². The summed E-state index contributed by atoms with van der Waals surface area (Å²) in [6.07, 6.45) is 8.83. The van der Waals surface area contributed by atoms with Crippen molar-refractivity contribution in [3.8, 4) is 0 Å². The Labute approximate surface area is 184 Å². The lowest BCUT2D eigenvalue weighted by molar-refractivity contribution is -0.169. The fourth-order valence-corrected chi connectivity index (χ4v) is 5.66. The van der Waals surface area contributed by atoms with Crippen LogP contribution < -0.4 is 0 Å². The van der Waals surface area contributed by atoms with E-state index in [9.17, 15) is 14.7 Å². The molecule has 0 bridgehead atoms. The summed E-state index contributed by atoms with van der Waals surface area (Å²) in [5, 5.41) is 9.72. The molecule has 1 N–H and O–H groups in total. The van der Waals surface area contributed by atoms with E-state index in [2.05, 4.69) is 41.5 Å². The van der Waals surface area contributed by atoms with Crippen molar-refractivity contribution in [2.24, 2.45) is 40.4 Å². The zero-order valence-corrected chi connectivity index (χ0v) is 20.5. The van der Waals surface area contributed by atoms with Gasteiger partial charge in [0.25, 0.3) is 0 Å². The van der Waals surface area contributed by atoms with Crippen LogP contribution >= 0.6 is 0 Å². The Hall–Kier alpha value is -1.06. The monoisotopic (exact) mass is 422 g/mol. The molecule has 174 valence electrons. The summed E-state index contributed by atoms with van der Waals surface area (Å²) in [5.41, 5.74) is 0.520. The summed E-state index contributed by atoms with van der Waals surface area (Å²) in [4.78, 5) is 25.0. The first-order valence-corrected chi connectivity index (χ1v) is 12.2. The van der Waals surface area contributed by atoms with E-state index < -0.39 is 17.8 Å². The highest BCUT2D eigenvalue weighted by Gasteiger charge is 2.43. The standard InChI is InChI=1S/C26H46O4/c1-17-9-8-10-20(22(17)23(27)28)24(29)30-21(15-16-25(2,3)4)18-11-13-19(14-12-18)26(5,6)7/h17-22H,8-16H2,1-7H3,(H,27,28). The smallest absolute Gasteiger partial charge is 0.310 e. The van der Waals surface area contributed by atoms with Gasteiger partial charge in [-0.2, -0.15) is 0 Å². The van der Waals surface area contributed by atoms with Gasteiger partial charge in [0, 0.05) is 0 Å². The van der Waals surface area contributed by atoms with Gasteiger partial charge in [0.2, 0.25) is 0 Å². The molecule has 2 aliphatic carbocycles. The topological polar surface area (TPSA) is 63.6 Å². The molecule has 0 spiro atoms. The van der Waals surface area contributed by atoms with Crippen LogP contribution in [0.4, 0.5) is 0 Å². The van der Waals surface area contributed by atoms with E-state index in [1.165, 1.54) is 12.8 Å². The molecular weight excluding hydrogens is 376 g/mol. The summed E-state index contributed by atoms with van der Waals surface area (Å²) < 4.78 is 6.17. The second kappa shape index (κ2) is 10.0. The molecule has 2 aliphatic rings. The number of hydrogen-bond donors (Lipinski definition) is 1. The summed E-state index contributed by atoms with van der Waals surface area (Å²) in [6, 6.07) is 0. The first-order valence-electron chi connectivity index (χ1n) is 12.2. The summed E-state index contributed by atoms with van der Waals surface area (Å²) in [5.74, 6) is -1.04. The van der Waals surface area contributed by atoms with Crippen LogP contribution in [0.15, 0.2) is 0 Å². The van der Waals surface area contributed by atoms with E-state index in [0.29, 0.717) is 17.8 Å². The molecule has 2 rings (SSSR count). The van der Waals surface area contributed by atoms with Crippen LogP contribution in [0.5, 0.6) is 0 Å². The van der Waals surface area contributed by atoms with E-state index in [1.807, 2.05) is 6.92 Å². The lowest BCUT2D eigenvalue weighted by Gasteiger charge is -2.40. The first kappa shape index (κ1) is 25.2. The zero-order valence-electron chi connectivity index (χ0n) is 20.5. The van der Waals surface area contributed by atoms with E-state index >= 15 is 0 Å². The van der Waals surface area contributed by atoms with Gasteiger partial charge in [-0.1, -0.05) is 54.9 Å². The molecule has 0 aromatic carbocycles. The predicted octanol–water partition coefficient (Wildman–Crippen LogP) is 6.71. The van der Waals surface area contributed by atoms with Crippen molar-refractivity contribution >= 4 is 11.9 Å². The van der Waals surface area contributed by atoms with Gasteiger partial charge in [-0.3, -0.25) is 9.59 Å². The van der Waals surface area contributed by atoms with Crippen LogP contribution in [0.25, 0.3) is 0 Å². The van der Waals surface area contributed by atoms with Gasteiger partial charge in [-0.25, -0.2) is 0 Å². The molecule has 4 atom stereocenters. The van der Waals surface area contributed by atoms with Gasteiger partial charge in [0.15, 0.2) is 0 Å². The molecule has 0 aliphatic heterocycles. The Morgan fingerprint density at radius 3 is 2.07 bits per heavy atom. The van der Waals surface area contributed by atoms with E-state index in [0.717, 1.165) is 44.4 Å². The maximum absolute atomic E-state index is 13.2. The second-order valence-corrected chi connectivity index (χ2v) is 12.4. The van der Waals surface area contributed by atoms with Crippen molar-refractivity contribution in [2.45, 2.75) is 112 Å². The number of carboxylic acid groups (broad SMARTS) is 1. The normalized spacial score (nSPS) is 31.8. The fourth-order valence-electron chi connectivity index (χ4n) is 5.66. The molecule has 0 saturated heterocycles. The molecule has 0 amide bonds. The van der Waals surface area contributed by atoms with Crippen LogP contribution in [-0.2, 0) is 14.3 Å². The number of carbonyl (C=O) groups is 2. The maximum atomic E-state index is 13.2. The molecule has 0 aromatic heterocycles. The molecule has 0 aromatic rings. The SMILES string of the molecule is CC1CCCC(C(=O)OC(CCC(C)(C)C)C2CCC(C(C)(C)C)CC2)C1C(=O)O. The quantitative estimate of drug-likeness (QED) is 0.483. The highest BCUT2D eigenvalue weighted by Crippen LogP contribution is 2.43. The third kappa shape index (κ3) is 6.99.